The van der Waals surface area contributed by atoms with E-state index >= 15 is 0 Å². The lowest BCUT2D eigenvalue weighted by atomic mass is 10.1. The Morgan fingerprint density at radius 3 is 2.89 bits per heavy atom. The summed E-state index contributed by atoms with van der Waals surface area (Å²) < 4.78 is 0. The van der Waals surface area contributed by atoms with Crippen LogP contribution in [0.2, 0.25) is 0 Å². The summed E-state index contributed by atoms with van der Waals surface area (Å²) in [7, 11) is 0. The van der Waals surface area contributed by atoms with Gasteiger partial charge in [0.05, 0.1) is 6.04 Å². The number of anilines is 1. The van der Waals surface area contributed by atoms with E-state index in [0.717, 1.165) is 18.2 Å². The van der Waals surface area contributed by atoms with Gasteiger partial charge in [0, 0.05) is 5.69 Å². The molecule has 4 heteroatoms. The van der Waals surface area contributed by atoms with Crippen molar-refractivity contribution in [1.82, 2.24) is 5.32 Å². The van der Waals surface area contributed by atoms with Crippen LogP contribution in [0.3, 0.4) is 0 Å². The Balaban J connectivity index is 1.74. The van der Waals surface area contributed by atoms with E-state index in [2.05, 4.69) is 10.6 Å². The highest BCUT2D eigenvalue weighted by atomic mass is 32.2. The summed E-state index contributed by atoms with van der Waals surface area (Å²) in [6.45, 7) is 2.86. The van der Waals surface area contributed by atoms with Crippen molar-refractivity contribution in [2.45, 2.75) is 19.4 Å². The van der Waals surface area contributed by atoms with Crippen molar-refractivity contribution < 1.29 is 4.79 Å². The molecule has 1 saturated heterocycles. The molecule has 0 bridgehead atoms. The molecule has 1 aromatic rings. The van der Waals surface area contributed by atoms with Crippen LogP contribution in [-0.2, 0) is 4.79 Å². The van der Waals surface area contributed by atoms with Gasteiger partial charge in [0.15, 0.2) is 0 Å². The molecule has 2 unspecified atom stereocenters. The number of amides is 1. The van der Waals surface area contributed by atoms with Crippen LogP contribution in [0.5, 0.6) is 0 Å². The van der Waals surface area contributed by atoms with Gasteiger partial charge in [-0.25, -0.2) is 0 Å². The van der Waals surface area contributed by atoms with Gasteiger partial charge in [-0.3, -0.25) is 4.79 Å². The molecule has 1 aliphatic heterocycles. The number of benzene rings is 1. The van der Waals surface area contributed by atoms with E-state index in [1.807, 2.05) is 49.0 Å². The van der Waals surface area contributed by atoms with Crippen molar-refractivity contribution in [3.05, 3.63) is 30.3 Å². The maximum Gasteiger partial charge on any atom is 0.241 e. The van der Waals surface area contributed by atoms with Crippen LogP contribution in [0.15, 0.2) is 30.3 Å². The molecule has 0 spiro atoms. The highest BCUT2D eigenvalue weighted by molar-refractivity contribution is 7.99. The molecule has 18 heavy (non-hydrogen) atoms. The predicted octanol–water partition coefficient (Wildman–Crippen LogP) is 2.36. The topological polar surface area (TPSA) is 41.1 Å². The van der Waals surface area contributed by atoms with Crippen LogP contribution in [0, 0.1) is 5.92 Å². The summed E-state index contributed by atoms with van der Waals surface area (Å²) >= 11 is 2.00. The van der Waals surface area contributed by atoms with Gasteiger partial charge >= 0.3 is 0 Å². The molecule has 0 radical (unpaired) electrons. The minimum atomic E-state index is -0.143. The minimum Gasteiger partial charge on any atom is -0.325 e. The highest BCUT2D eigenvalue weighted by Gasteiger charge is 2.18. The Morgan fingerprint density at radius 2 is 2.22 bits per heavy atom. The van der Waals surface area contributed by atoms with Crippen molar-refractivity contribution in [3.8, 4) is 0 Å². The second kappa shape index (κ2) is 6.81. The summed E-state index contributed by atoms with van der Waals surface area (Å²) in [5.74, 6) is 3.24. The van der Waals surface area contributed by atoms with Gasteiger partial charge in [-0.15, -0.1) is 0 Å². The van der Waals surface area contributed by atoms with E-state index < -0.39 is 0 Å². The van der Waals surface area contributed by atoms with Crippen LogP contribution < -0.4 is 10.6 Å². The number of rotatable bonds is 5. The minimum absolute atomic E-state index is 0.0341. The molecule has 2 atom stereocenters. The summed E-state index contributed by atoms with van der Waals surface area (Å²) in [5.41, 5.74) is 0.854. The average Bonchev–Trinajstić information content (AvgIpc) is 2.90. The number of nitrogens with one attached hydrogen (secondary N) is 2. The third-order valence-electron chi connectivity index (χ3n) is 3.17. The Labute approximate surface area is 113 Å². The average molecular weight is 264 g/mol. The fourth-order valence-electron chi connectivity index (χ4n) is 1.95. The van der Waals surface area contributed by atoms with Gasteiger partial charge < -0.3 is 10.6 Å². The number of hydrogen-bond donors (Lipinski definition) is 2. The van der Waals surface area contributed by atoms with Crippen LogP contribution in [0.25, 0.3) is 0 Å². The van der Waals surface area contributed by atoms with Crippen molar-refractivity contribution in [2.75, 3.05) is 23.4 Å². The first-order valence-corrected chi connectivity index (χ1v) is 7.58. The third kappa shape index (κ3) is 4.03. The van der Waals surface area contributed by atoms with Crippen LogP contribution in [0.1, 0.15) is 13.3 Å². The van der Waals surface area contributed by atoms with E-state index in [-0.39, 0.29) is 11.9 Å². The van der Waals surface area contributed by atoms with Crippen LogP contribution in [0.4, 0.5) is 5.69 Å². The van der Waals surface area contributed by atoms with Crippen LogP contribution >= 0.6 is 11.8 Å². The van der Waals surface area contributed by atoms with E-state index in [4.69, 9.17) is 0 Å². The number of para-hydroxylation sites is 1. The largest absolute Gasteiger partial charge is 0.325 e. The molecule has 1 amide bonds. The van der Waals surface area contributed by atoms with E-state index in [0.29, 0.717) is 0 Å². The van der Waals surface area contributed by atoms with Crippen molar-refractivity contribution in [2.24, 2.45) is 5.92 Å². The van der Waals surface area contributed by atoms with Crippen molar-refractivity contribution in [3.63, 3.8) is 0 Å². The zero-order chi connectivity index (χ0) is 12.8. The molecule has 2 rings (SSSR count). The van der Waals surface area contributed by atoms with Gasteiger partial charge in [-0.1, -0.05) is 18.2 Å². The first-order chi connectivity index (χ1) is 8.75. The maximum absolute atomic E-state index is 11.9. The van der Waals surface area contributed by atoms with Gasteiger partial charge in [0.1, 0.15) is 0 Å². The zero-order valence-corrected chi connectivity index (χ0v) is 11.5. The second-order valence-electron chi connectivity index (χ2n) is 4.71. The molecular weight excluding hydrogens is 244 g/mol. The molecule has 3 nitrogen and oxygen atoms in total. The first-order valence-electron chi connectivity index (χ1n) is 6.43. The molecule has 0 saturated carbocycles. The van der Waals surface area contributed by atoms with Crippen molar-refractivity contribution >= 4 is 23.4 Å². The normalized spacial score (nSPS) is 20.6. The fraction of sp³-hybridized carbons (Fsp3) is 0.500. The monoisotopic (exact) mass is 264 g/mol. The number of carbonyl (C=O) groups is 1. The first kappa shape index (κ1) is 13.4. The van der Waals surface area contributed by atoms with E-state index in [1.165, 1.54) is 17.9 Å². The number of carbonyl (C=O) groups excluding carboxylic acids is 1. The van der Waals surface area contributed by atoms with Gasteiger partial charge in [0.25, 0.3) is 0 Å². The lowest BCUT2D eigenvalue weighted by Gasteiger charge is -2.16. The maximum atomic E-state index is 11.9. The smallest absolute Gasteiger partial charge is 0.241 e. The van der Waals surface area contributed by atoms with E-state index in [9.17, 15) is 4.79 Å². The molecule has 98 valence electrons. The SMILES string of the molecule is CC(NCC1CCSC1)C(=O)Nc1ccccc1. The molecule has 1 heterocycles. The second-order valence-corrected chi connectivity index (χ2v) is 5.86. The Hall–Kier alpha value is -1.00. The summed E-state index contributed by atoms with van der Waals surface area (Å²) in [4.78, 5) is 11.9. The molecular formula is C14H20N2OS. The summed E-state index contributed by atoms with van der Waals surface area (Å²) in [6, 6.07) is 9.44. The number of thioether (sulfide) groups is 1. The number of hydrogen-bond acceptors (Lipinski definition) is 3. The summed E-state index contributed by atoms with van der Waals surface area (Å²) in [6.07, 6.45) is 1.27. The molecule has 1 aliphatic rings. The van der Waals surface area contributed by atoms with Gasteiger partial charge in [-0.2, -0.15) is 11.8 Å². The van der Waals surface area contributed by atoms with Crippen molar-refractivity contribution in [1.29, 1.82) is 0 Å². The quantitative estimate of drug-likeness (QED) is 0.858. The molecule has 2 N–H and O–H groups in total. The third-order valence-corrected chi connectivity index (χ3v) is 4.40. The highest BCUT2D eigenvalue weighted by Crippen LogP contribution is 2.22. The molecule has 1 aromatic carbocycles. The lowest BCUT2D eigenvalue weighted by molar-refractivity contribution is -0.117. The molecule has 1 fully saturated rings. The predicted molar refractivity (Wildman–Crippen MR) is 78.0 cm³/mol. The van der Waals surface area contributed by atoms with Gasteiger partial charge in [-0.05, 0) is 49.4 Å². The van der Waals surface area contributed by atoms with Crippen LogP contribution in [-0.4, -0.2) is 30.0 Å². The molecule has 0 aromatic heterocycles. The zero-order valence-electron chi connectivity index (χ0n) is 10.7. The lowest BCUT2D eigenvalue weighted by Crippen LogP contribution is -2.40. The summed E-state index contributed by atoms with van der Waals surface area (Å²) in [5, 5.41) is 6.23. The molecule has 0 aliphatic carbocycles. The van der Waals surface area contributed by atoms with Gasteiger partial charge in [0.2, 0.25) is 5.91 Å². The fourth-order valence-corrected chi connectivity index (χ4v) is 3.24. The Bertz CT molecular complexity index is 377. The Morgan fingerprint density at radius 1 is 1.44 bits per heavy atom. The standard InChI is InChI=1S/C14H20N2OS/c1-11(15-9-12-7-8-18-10-12)14(17)16-13-5-3-2-4-6-13/h2-6,11-12,15H,7-10H2,1H3,(H,16,17). The Kier molecular flexibility index (Phi) is 5.08. The van der Waals surface area contributed by atoms with E-state index in [1.54, 1.807) is 0 Å².